The van der Waals surface area contributed by atoms with Crippen molar-refractivity contribution in [3.05, 3.63) is 108 Å². The zero-order valence-electron chi connectivity index (χ0n) is 18.9. The minimum absolute atomic E-state index is 0.0403. The van der Waals surface area contributed by atoms with Crippen LogP contribution in [0.15, 0.2) is 91.0 Å². The van der Waals surface area contributed by atoms with Crippen LogP contribution in [0, 0.1) is 5.92 Å². The summed E-state index contributed by atoms with van der Waals surface area (Å²) in [7, 11) is 0. The van der Waals surface area contributed by atoms with Crippen molar-refractivity contribution in [3.63, 3.8) is 0 Å². The molecule has 0 aromatic heterocycles. The Labute approximate surface area is 201 Å². The van der Waals surface area contributed by atoms with Crippen LogP contribution in [-0.4, -0.2) is 30.5 Å². The number of ether oxygens (including phenoxy) is 4. The first-order chi connectivity index (χ1) is 16.2. The van der Waals surface area contributed by atoms with Crippen LogP contribution in [0.1, 0.15) is 23.6 Å². The maximum Gasteiger partial charge on any atom is 0.136 e. The van der Waals surface area contributed by atoms with Crippen molar-refractivity contribution in [2.75, 3.05) is 6.61 Å². The third kappa shape index (κ3) is 6.89. The quantitative estimate of drug-likeness (QED) is 0.345. The van der Waals surface area contributed by atoms with Crippen molar-refractivity contribution < 1.29 is 18.9 Å². The van der Waals surface area contributed by atoms with Gasteiger partial charge in [-0.3, -0.25) is 0 Å². The summed E-state index contributed by atoms with van der Waals surface area (Å²) in [5, 5.41) is 0. The molecule has 2 unspecified atom stereocenters. The van der Waals surface area contributed by atoms with E-state index in [0.717, 1.165) is 16.7 Å². The van der Waals surface area contributed by atoms with Gasteiger partial charge in [0.15, 0.2) is 0 Å². The normalized spacial score (nSPS) is 25.1. The number of hydrogen-bond acceptors (Lipinski definition) is 4. The second-order valence-corrected chi connectivity index (χ2v) is 8.84. The highest BCUT2D eigenvalue weighted by molar-refractivity contribution is 6.20. The van der Waals surface area contributed by atoms with Gasteiger partial charge in [-0.05, 0) is 16.7 Å². The molecule has 1 fully saturated rings. The van der Waals surface area contributed by atoms with E-state index in [4.69, 9.17) is 30.5 Å². The molecule has 1 saturated heterocycles. The van der Waals surface area contributed by atoms with E-state index in [9.17, 15) is 0 Å². The molecule has 1 aliphatic heterocycles. The molecule has 3 aromatic rings. The topological polar surface area (TPSA) is 36.9 Å². The lowest BCUT2D eigenvalue weighted by atomic mass is 9.93. The van der Waals surface area contributed by atoms with Crippen LogP contribution in [0.2, 0.25) is 0 Å². The second kappa shape index (κ2) is 12.3. The molecule has 3 aromatic carbocycles. The lowest BCUT2D eigenvalue weighted by molar-refractivity contribution is -0.226. The zero-order chi connectivity index (χ0) is 22.9. The Kier molecular flexibility index (Phi) is 8.93. The number of alkyl halides is 1. The summed E-state index contributed by atoms with van der Waals surface area (Å²) in [6.07, 6.45) is -0.873. The number of benzene rings is 3. The molecule has 0 amide bonds. The largest absolute Gasteiger partial charge is 0.374 e. The van der Waals surface area contributed by atoms with Gasteiger partial charge in [0, 0.05) is 5.92 Å². The molecule has 1 heterocycles. The summed E-state index contributed by atoms with van der Waals surface area (Å²) in [4.78, 5) is 0. The highest BCUT2D eigenvalue weighted by Crippen LogP contribution is 2.33. The van der Waals surface area contributed by atoms with E-state index < -0.39 is 5.56 Å². The van der Waals surface area contributed by atoms with E-state index in [0.29, 0.717) is 26.4 Å². The molecule has 0 bridgehead atoms. The van der Waals surface area contributed by atoms with E-state index in [1.54, 1.807) is 0 Å². The molecule has 5 heteroatoms. The van der Waals surface area contributed by atoms with Gasteiger partial charge >= 0.3 is 0 Å². The minimum Gasteiger partial charge on any atom is -0.374 e. The van der Waals surface area contributed by atoms with E-state index in [2.05, 4.69) is 24.3 Å². The third-order valence-corrected chi connectivity index (χ3v) is 6.39. The van der Waals surface area contributed by atoms with Crippen molar-refractivity contribution in [1.82, 2.24) is 0 Å². The Bertz CT molecular complexity index is 938. The standard InChI is InChI=1S/C28H31ClO4/c1-21-26(31-18-23-13-7-3-8-14-23)27(32-19-24-15-9-4-10-16-24)25(33-28(21)29)20-30-17-22-11-5-2-6-12-22/h2-16,21,25-28H,17-20H2,1H3/t21?,25?,26-,27+,28-/m0/s1. The average molecular weight is 467 g/mol. The van der Waals surface area contributed by atoms with Crippen LogP contribution in [0.25, 0.3) is 0 Å². The minimum atomic E-state index is -0.479. The van der Waals surface area contributed by atoms with E-state index in [1.807, 2.05) is 73.7 Å². The van der Waals surface area contributed by atoms with Crippen molar-refractivity contribution >= 4 is 11.6 Å². The molecule has 4 nitrogen and oxygen atoms in total. The van der Waals surface area contributed by atoms with Gasteiger partial charge < -0.3 is 18.9 Å². The molecule has 5 atom stereocenters. The van der Waals surface area contributed by atoms with Gasteiger partial charge in [-0.1, -0.05) is 110 Å². The monoisotopic (exact) mass is 466 g/mol. The fourth-order valence-corrected chi connectivity index (χ4v) is 4.29. The van der Waals surface area contributed by atoms with Crippen LogP contribution in [0.3, 0.4) is 0 Å². The van der Waals surface area contributed by atoms with Gasteiger partial charge in [0.25, 0.3) is 0 Å². The Morgan fingerprint density at radius 2 is 1.12 bits per heavy atom. The average Bonchev–Trinajstić information content (AvgIpc) is 2.86. The summed E-state index contributed by atoms with van der Waals surface area (Å²) >= 11 is 6.60. The molecular weight excluding hydrogens is 436 g/mol. The molecule has 0 N–H and O–H groups in total. The maximum absolute atomic E-state index is 6.60. The Hall–Kier alpha value is -2.21. The number of rotatable bonds is 10. The molecule has 33 heavy (non-hydrogen) atoms. The molecule has 1 aliphatic rings. The number of hydrogen-bond donors (Lipinski definition) is 0. The summed E-state index contributed by atoms with van der Waals surface area (Å²) in [5.74, 6) is -0.0403. The first-order valence-electron chi connectivity index (χ1n) is 11.4. The predicted octanol–water partition coefficient (Wildman–Crippen LogP) is 5.97. The van der Waals surface area contributed by atoms with Crippen molar-refractivity contribution in [2.24, 2.45) is 5.92 Å². The van der Waals surface area contributed by atoms with Crippen molar-refractivity contribution in [1.29, 1.82) is 0 Å². The van der Waals surface area contributed by atoms with Crippen LogP contribution < -0.4 is 0 Å². The van der Waals surface area contributed by atoms with Gasteiger partial charge in [-0.15, -0.1) is 0 Å². The number of halogens is 1. The van der Waals surface area contributed by atoms with E-state index >= 15 is 0 Å². The summed E-state index contributed by atoms with van der Waals surface area (Å²) < 4.78 is 25.0. The first-order valence-corrected chi connectivity index (χ1v) is 11.9. The highest BCUT2D eigenvalue weighted by atomic mass is 35.5. The van der Waals surface area contributed by atoms with Crippen molar-refractivity contribution in [3.8, 4) is 0 Å². The van der Waals surface area contributed by atoms with Gasteiger partial charge in [0.05, 0.1) is 32.5 Å². The van der Waals surface area contributed by atoms with Crippen molar-refractivity contribution in [2.45, 2.75) is 50.6 Å². The fraction of sp³-hybridized carbons (Fsp3) is 0.357. The summed E-state index contributed by atoms with van der Waals surface area (Å²) in [6, 6.07) is 30.4. The third-order valence-electron chi connectivity index (χ3n) is 5.89. The molecule has 0 radical (unpaired) electrons. The lowest BCUT2D eigenvalue weighted by Crippen LogP contribution is -2.55. The highest BCUT2D eigenvalue weighted by Gasteiger charge is 2.44. The molecular formula is C28H31ClO4. The zero-order valence-corrected chi connectivity index (χ0v) is 19.6. The Morgan fingerprint density at radius 1 is 0.667 bits per heavy atom. The first kappa shape index (κ1) is 23.9. The molecule has 0 aliphatic carbocycles. The Balaban J connectivity index is 1.46. The van der Waals surface area contributed by atoms with E-state index in [1.165, 1.54) is 0 Å². The van der Waals surface area contributed by atoms with Gasteiger partial charge in [-0.25, -0.2) is 0 Å². The molecule has 174 valence electrons. The summed E-state index contributed by atoms with van der Waals surface area (Å²) in [6.45, 7) is 3.88. The fourth-order valence-electron chi connectivity index (χ4n) is 4.01. The molecule has 0 spiro atoms. The molecule has 4 rings (SSSR count). The van der Waals surface area contributed by atoms with Gasteiger partial charge in [0.2, 0.25) is 0 Å². The van der Waals surface area contributed by atoms with Crippen LogP contribution in [0.4, 0.5) is 0 Å². The predicted molar refractivity (Wildman–Crippen MR) is 130 cm³/mol. The second-order valence-electron chi connectivity index (χ2n) is 8.41. The summed E-state index contributed by atoms with van der Waals surface area (Å²) in [5.41, 5.74) is 2.85. The molecule has 0 saturated carbocycles. The van der Waals surface area contributed by atoms with Crippen LogP contribution >= 0.6 is 11.6 Å². The van der Waals surface area contributed by atoms with Gasteiger partial charge in [0.1, 0.15) is 17.8 Å². The maximum atomic E-state index is 6.60. The SMILES string of the molecule is CC1[C@@H](Cl)OC(COCc2ccccc2)[C@@H](OCc2ccccc2)[C@H]1OCc1ccccc1. The Morgan fingerprint density at radius 3 is 1.64 bits per heavy atom. The van der Waals surface area contributed by atoms with E-state index in [-0.39, 0.29) is 24.2 Å². The van der Waals surface area contributed by atoms with Gasteiger partial charge in [-0.2, -0.15) is 0 Å². The smallest absolute Gasteiger partial charge is 0.136 e. The lowest BCUT2D eigenvalue weighted by Gasteiger charge is -2.43. The van der Waals surface area contributed by atoms with Crippen LogP contribution in [-0.2, 0) is 38.8 Å². The van der Waals surface area contributed by atoms with Crippen LogP contribution in [0.5, 0.6) is 0 Å².